The van der Waals surface area contributed by atoms with Crippen LogP contribution in [-0.2, 0) is 15.0 Å². The third-order valence-corrected chi connectivity index (χ3v) is 4.13. The van der Waals surface area contributed by atoms with Gasteiger partial charge in [0, 0.05) is 18.9 Å². The number of hydrogen-bond donors (Lipinski definition) is 0. The second-order valence-electron chi connectivity index (χ2n) is 5.46. The zero-order valence-corrected chi connectivity index (χ0v) is 12.4. The molecule has 0 radical (unpaired) electrons. The molecular formula is C15H18F3NO3. The van der Waals surface area contributed by atoms with Crippen molar-refractivity contribution in [3.8, 4) is 5.75 Å². The molecule has 0 aromatic heterocycles. The maximum absolute atomic E-state index is 12.2. The van der Waals surface area contributed by atoms with Crippen molar-refractivity contribution >= 4 is 5.91 Å². The standard InChI is InChI=1S/C15H18F3NO3/c1-19(21-2)13(20)10-14(8-3-9-14)11-4-6-12(7-5-11)22-15(16,17)18/h4-7H,3,8-10H2,1-2H3. The van der Waals surface area contributed by atoms with Crippen LogP contribution in [0.15, 0.2) is 24.3 Å². The van der Waals surface area contributed by atoms with Crippen LogP contribution in [0.1, 0.15) is 31.2 Å². The number of hydrogen-bond acceptors (Lipinski definition) is 3. The van der Waals surface area contributed by atoms with Gasteiger partial charge in [-0.25, -0.2) is 5.06 Å². The van der Waals surface area contributed by atoms with E-state index in [1.54, 1.807) is 12.1 Å². The van der Waals surface area contributed by atoms with E-state index in [0.717, 1.165) is 24.8 Å². The number of rotatable bonds is 5. The number of hydroxylamine groups is 2. The van der Waals surface area contributed by atoms with Crippen molar-refractivity contribution in [3.05, 3.63) is 29.8 Å². The number of ether oxygens (including phenoxy) is 1. The van der Waals surface area contributed by atoms with Gasteiger partial charge in [-0.2, -0.15) is 0 Å². The normalized spacial score (nSPS) is 16.8. The van der Waals surface area contributed by atoms with Gasteiger partial charge in [0.05, 0.1) is 7.11 Å². The highest BCUT2D eigenvalue weighted by Crippen LogP contribution is 2.47. The van der Waals surface area contributed by atoms with E-state index in [0.29, 0.717) is 0 Å². The summed E-state index contributed by atoms with van der Waals surface area (Å²) in [5.41, 5.74) is 0.534. The average molecular weight is 317 g/mol. The summed E-state index contributed by atoms with van der Waals surface area (Å²) < 4.78 is 40.4. The number of carbonyl (C=O) groups excluding carboxylic acids is 1. The van der Waals surface area contributed by atoms with Crippen molar-refractivity contribution < 1.29 is 27.5 Å². The topological polar surface area (TPSA) is 38.8 Å². The SMILES string of the molecule is CON(C)C(=O)CC1(c2ccc(OC(F)(F)F)cc2)CCC1. The van der Waals surface area contributed by atoms with Gasteiger partial charge in [-0.3, -0.25) is 9.63 Å². The summed E-state index contributed by atoms with van der Waals surface area (Å²) in [6.45, 7) is 0. The fourth-order valence-electron chi connectivity index (χ4n) is 2.68. The molecule has 2 rings (SSSR count). The summed E-state index contributed by atoms with van der Waals surface area (Å²) in [7, 11) is 2.95. The number of amides is 1. The Morgan fingerprint density at radius 2 is 1.86 bits per heavy atom. The van der Waals surface area contributed by atoms with Crippen LogP contribution in [0, 0.1) is 0 Å². The number of benzene rings is 1. The van der Waals surface area contributed by atoms with Crippen molar-refractivity contribution in [2.24, 2.45) is 0 Å². The number of alkyl halides is 3. The van der Waals surface area contributed by atoms with E-state index < -0.39 is 6.36 Å². The van der Waals surface area contributed by atoms with Gasteiger partial charge in [-0.05, 0) is 30.5 Å². The van der Waals surface area contributed by atoms with Crippen LogP contribution in [0.4, 0.5) is 13.2 Å². The summed E-state index contributed by atoms with van der Waals surface area (Å²) in [6, 6.07) is 5.77. The van der Waals surface area contributed by atoms with E-state index in [2.05, 4.69) is 4.74 Å². The Balaban J connectivity index is 2.12. The fraction of sp³-hybridized carbons (Fsp3) is 0.533. The van der Waals surface area contributed by atoms with Gasteiger partial charge in [0.2, 0.25) is 5.91 Å². The van der Waals surface area contributed by atoms with E-state index in [1.807, 2.05) is 0 Å². The number of nitrogens with zero attached hydrogens (tertiary/aromatic N) is 1. The molecule has 0 bridgehead atoms. The minimum Gasteiger partial charge on any atom is -0.406 e. The molecule has 122 valence electrons. The molecule has 1 aromatic carbocycles. The molecule has 1 aliphatic rings. The first kappa shape index (κ1) is 16.6. The van der Waals surface area contributed by atoms with Gasteiger partial charge in [-0.15, -0.1) is 13.2 Å². The Morgan fingerprint density at radius 1 is 1.27 bits per heavy atom. The first-order valence-corrected chi connectivity index (χ1v) is 6.93. The lowest BCUT2D eigenvalue weighted by atomic mass is 9.62. The average Bonchev–Trinajstić information content (AvgIpc) is 2.41. The summed E-state index contributed by atoms with van der Waals surface area (Å²) in [4.78, 5) is 16.9. The summed E-state index contributed by atoms with van der Waals surface area (Å²) in [6.07, 6.45) is -1.78. The zero-order chi connectivity index (χ0) is 16.4. The molecule has 0 unspecified atom stereocenters. The van der Waals surface area contributed by atoms with Gasteiger partial charge in [0.1, 0.15) is 5.75 Å². The smallest absolute Gasteiger partial charge is 0.406 e. The highest BCUT2D eigenvalue weighted by atomic mass is 19.4. The lowest BCUT2D eigenvalue weighted by Crippen LogP contribution is -2.40. The van der Waals surface area contributed by atoms with E-state index in [1.165, 1.54) is 31.4 Å². The van der Waals surface area contributed by atoms with Gasteiger partial charge in [0.15, 0.2) is 0 Å². The van der Waals surface area contributed by atoms with Crippen LogP contribution in [0.5, 0.6) is 5.75 Å². The number of carbonyl (C=O) groups is 1. The third-order valence-electron chi connectivity index (χ3n) is 4.13. The van der Waals surface area contributed by atoms with Gasteiger partial charge >= 0.3 is 6.36 Å². The molecule has 0 N–H and O–H groups in total. The molecule has 1 amide bonds. The molecule has 0 aliphatic heterocycles. The molecule has 22 heavy (non-hydrogen) atoms. The molecule has 1 aromatic rings. The van der Waals surface area contributed by atoms with Crippen LogP contribution in [-0.4, -0.2) is 31.5 Å². The van der Waals surface area contributed by atoms with Gasteiger partial charge < -0.3 is 4.74 Å². The minimum absolute atomic E-state index is 0.155. The molecule has 1 saturated carbocycles. The highest BCUT2D eigenvalue weighted by molar-refractivity contribution is 5.76. The maximum atomic E-state index is 12.2. The van der Waals surface area contributed by atoms with Crippen molar-refractivity contribution in [1.29, 1.82) is 0 Å². The lowest BCUT2D eigenvalue weighted by molar-refractivity contribution is -0.274. The van der Waals surface area contributed by atoms with E-state index in [9.17, 15) is 18.0 Å². The quantitative estimate of drug-likeness (QED) is 0.781. The zero-order valence-electron chi connectivity index (χ0n) is 12.4. The summed E-state index contributed by atoms with van der Waals surface area (Å²) in [5.74, 6) is -0.413. The predicted octanol–water partition coefficient (Wildman–Crippen LogP) is 3.42. The Labute approximate surface area is 126 Å². The fourth-order valence-corrected chi connectivity index (χ4v) is 2.68. The van der Waals surface area contributed by atoms with Crippen molar-refractivity contribution in [2.45, 2.75) is 37.5 Å². The summed E-state index contributed by atoms with van der Waals surface area (Å²) in [5, 5.41) is 1.17. The van der Waals surface area contributed by atoms with Crippen molar-refractivity contribution in [3.63, 3.8) is 0 Å². The van der Waals surface area contributed by atoms with Crippen LogP contribution in [0.2, 0.25) is 0 Å². The first-order chi connectivity index (χ1) is 10.3. The molecule has 0 spiro atoms. The second-order valence-corrected chi connectivity index (χ2v) is 5.46. The highest BCUT2D eigenvalue weighted by Gasteiger charge is 2.41. The largest absolute Gasteiger partial charge is 0.573 e. The number of halogens is 3. The van der Waals surface area contributed by atoms with Gasteiger partial charge in [-0.1, -0.05) is 18.6 Å². The monoisotopic (exact) mass is 317 g/mol. The first-order valence-electron chi connectivity index (χ1n) is 6.93. The van der Waals surface area contributed by atoms with Gasteiger partial charge in [0.25, 0.3) is 0 Å². The third kappa shape index (κ3) is 3.71. The Morgan fingerprint density at radius 3 is 2.27 bits per heavy atom. The maximum Gasteiger partial charge on any atom is 0.573 e. The molecule has 0 saturated heterocycles. The molecule has 4 nitrogen and oxygen atoms in total. The van der Waals surface area contributed by atoms with Crippen LogP contribution in [0.25, 0.3) is 0 Å². The Kier molecular flexibility index (Phi) is 4.65. The van der Waals surface area contributed by atoms with Crippen LogP contribution < -0.4 is 4.74 Å². The van der Waals surface area contributed by atoms with Crippen molar-refractivity contribution in [2.75, 3.05) is 14.2 Å². The minimum atomic E-state index is -4.70. The van der Waals surface area contributed by atoms with Crippen LogP contribution >= 0.6 is 0 Å². The molecule has 1 aliphatic carbocycles. The summed E-state index contributed by atoms with van der Waals surface area (Å²) >= 11 is 0. The van der Waals surface area contributed by atoms with E-state index in [4.69, 9.17) is 4.84 Å². The van der Waals surface area contributed by atoms with E-state index in [-0.39, 0.29) is 23.5 Å². The second kappa shape index (κ2) is 6.16. The lowest BCUT2D eigenvalue weighted by Gasteiger charge is -2.42. The molecule has 0 atom stereocenters. The molecule has 1 fully saturated rings. The van der Waals surface area contributed by atoms with Crippen LogP contribution in [0.3, 0.4) is 0 Å². The van der Waals surface area contributed by atoms with Crippen molar-refractivity contribution in [1.82, 2.24) is 5.06 Å². The molecule has 7 heteroatoms. The predicted molar refractivity (Wildman–Crippen MR) is 73.1 cm³/mol. The molecule has 0 heterocycles. The Hall–Kier alpha value is -1.76. The van der Waals surface area contributed by atoms with E-state index >= 15 is 0 Å². The Bertz CT molecular complexity index is 524. The molecular weight excluding hydrogens is 299 g/mol.